The van der Waals surface area contributed by atoms with E-state index in [1.165, 1.54) is 44.9 Å². The van der Waals surface area contributed by atoms with Gasteiger partial charge in [0.2, 0.25) is 5.91 Å². The Morgan fingerprint density at radius 2 is 0.982 bits per heavy atom. The van der Waals surface area contributed by atoms with E-state index in [0.717, 1.165) is 83.5 Å². The van der Waals surface area contributed by atoms with Crippen LogP contribution in [-0.4, -0.2) is 46.9 Å². The third kappa shape index (κ3) is 37.5. The van der Waals surface area contributed by atoms with Crippen molar-refractivity contribution in [1.29, 1.82) is 0 Å². The van der Waals surface area contributed by atoms with Crippen LogP contribution in [0.15, 0.2) is 97.2 Å². The van der Waals surface area contributed by atoms with Crippen LogP contribution < -0.4 is 5.32 Å². The van der Waals surface area contributed by atoms with Gasteiger partial charge >= 0.3 is 5.97 Å². The molecule has 0 rings (SSSR count). The van der Waals surface area contributed by atoms with Gasteiger partial charge in [-0.3, -0.25) is 9.59 Å². The van der Waals surface area contributed by atoms with Gasteiger partial charge in [0.25, 0.3) is 0 Å². The molecule has 1 amide bonds. The molecule has 0 aromatic heterocycles. The lowest BCUT2D eigenvalue weighted by Gasteiger charge is -2.24. The number of hydrogen-bond donors (Lipinski definition) is 3. The summed E-state index contributed by atoms with van der Waals surface area (Å²) in [5.74, 6) is -0.573. The van der Waals surface area contributed by atoms with Gasteiger partial charge in [-0.25, -0.2) is 0 Å². The lowest BCUT2D eigenvalue weighted by atomic mass is 10.0. The molecule has 0 heterocycles. The van der Waals surface area contributed by atoms with Gasteiger partial charge < -0.3 is 20.3 Å². The van der Waals surface area contributed by atoms with Crippen molar-refractivity contribution in [2.45, 2.75) is 193 Å². The fraction of sp³-hybridized carbons (Fsp3) is 0.633. The Balaban J connectivity index is 4.75. The fourth-order valence-corrected chi connectivity index (χ4v) is 6.04. The van der Waals surface area contributed by atoms with Gasteiger partial charge in [-0.05, 0) is 64.2 Å². The van der Waals surface area contributed by atoms with Crippen LogP contribution in [-0.2, 0) is 14.3 Å². The lowest BCUT2D eigenvalue weighted by molar-refractivity contribution is -0.151. The molecule has 55 heavy (non-hydrogen) atoms. The third-order valence-electron chi connectivity index (χ3n) is 9.35. The van der Waals surface area contributed by atoms with Crippen LogP contribution in [0.4, 0.5) is 0 Å². The molecule has 3 atom stereocenters. The van der Waals surface area contributed by atoms with Gasteiger partial charge in [-0.2, -0.15) is 0 Å². The number of unbranched alkanes of at least 4 members (excludes halogenated alkanes) is 15. The van der Waals surface area contributed by atoms with Gasteiger partial charge in [0.1, 0.15) is 6.10 Å². The molecule has 0 saturated heterocycles. The van der Waals surface area contributed by atoms with Crippen molar-refractivity contribution in [1.82, 2.24) is 5.32 Å². The van der Waals surface area contributed by atoms with Crippen molar-refractivity contribution in [3.63, 3.8) is 0 Å². The predicted octanol–water partition coefficient (Wildman–Crippen LogP) is 12.6. The minimum absolute atomic E-state index is 0.0306. The van der Waals surface area contributed by atoms with Crippen LogP contribution in [0, 0.1) is 0 Å². The molecule has 3 N–H and O–H groups in total. The van der Waals surface area contributed by atoms with Crippen molar-refractivity contribution < 1.29 is 24.5 Å². The minimum atomic E-state index is -0.808. The summed E-state index contributed by atoms with van der Waals surface area (Å²) in [5.41, 5.74) is 0. The maximum Gasteiger partial charge on any atom is 0.306 e. The summed E-state index contributed by atoms with van der Waals surface area (Å²) in [5, 5.41) is 23.6. The van der Waals surface area contributed by atoms with E-state index >= 15 is 0 Å². The average molecular weight is 764 g/mol. The summed E-state index contributed by atoms with van der Waals surface area (Å²) in [6.45, 7) is 6.14. The number of esters is 1. The molecule has 0 saturated carbocycles. The third-order valence-corrected chi connectivity index (χ3v) is 9.35. The molecule has 0 bridgehead atoms. The van der Waals surface area contributed by atoms with Gasteiger partial charge in [0, 0.05) is 6.42 Å². The highest BCUT2D eigenvalue weighted by molar-refractivity contribution is 5.77. The van der Waals surface area contributed by atoms with Gasteiger partial charge in [-0.15, -0.1) is 0 Å². The molecule has 6 heteroatoms. The van der Waals surface area contributed by atoms with E-state index < -0.39 is 18.2 Å². The SMILES string of the molecule is CC/C=C/C=C/C=C\C=C/C=C/CCCCCC(=O)OC(CCCCC\C=C/C=C/C=C/CC)CC(=O)NC(CO)C(O)CCCCCCCCCCCC. The molecule has 0 fully saturated rings. The summed E-state index contributed by atoms with van der Waals surface area (Å²) < 4.78 is 5.85. The van der Waals surface area contributed by atoms with Crippen LogP contribution in [0.1, 0.15) is 175 Å². The standard InChI is InChI=1S/C49H81NO5/c1-4-7-10-13-16-19-22-23-24-25-27-30-33-36-39-42-49(54)55-45(40-37-34-31-28-26-20-17-14-11-8-5-2)43-48(53)50-46(44-51)47(52)41-38-35-32-29-21-18-15-12-9-6-3/h7-8,10-11,13-14,16-17,19-20,22-27,45-47,51-52H,4-6,9,12,15,18,21,28-44H2,1-3H3,(H,50,53)/b10-7+,11-8+,16-13+,17-14+,22-19-,24-23-,26-20-,27-25+. The Kier molecular flexibility index (Phi) is 39.5. The van der Waals surface area contributed by atoms with Crippen LogP contribution in [0.25, 0.3) is 0 Å². The Morgan fingerprint density at radius 3 is 1.49 bits per heavy atom. The molecule has 312 valence electrons. The summed E-state index contributed by atoms with van der Waals surface area (Å²) in [6.07, 6.45) is 54.7. The zero-order valence-electron chi connectivity index (χ0n) is 35.3. The number of carbonyl (C=O) groups is 2. The number of rotatable bonds is 37. The number of carbonyl (C=O) groups excluding carboxylic acids is 2. The maximum atomic E-state index is 13.1. The van der Waals surface area contributed by atoms with E-state index in [1.54, 1.807) is 0 Å². The smallest absolute Gasteiger partial charge is 0.306 e. The van der Waals surface area contributed by atoms with Crippen molar-refractivity contribution >= 4 is 11.9 Å². The summed E-state index contributed by atoms with van der Waals surface area (Å²) in [4.78, 5) is 25.9. The molecule has 0 aliphatic rings. The zero-order valence-corrected chi connectivity index (χ0v) is 35.3. The highest BCUT2D eigenvalue weighted by atomic mass is 16.5. The second-order valence-corrected chi connectivity index (χ2v) is 14.5. The molecular formula is C49H81NO5. The quantitative estimate of drug-likeness (QED) is 0.0333. The molecule has 0 spiro atoms. The summed E-state index contributed by atoms with van der Waals surface area (Å²) in [6, 6.07) is -0.725. The van der Waals surface area contributed by atoms with E-state index in [9.17, 15) is 19.8 Å². The van der Waals surface area contributed by atoms with Crippen molar-refractivity contribution in [2.24, 2.45) is 0 Å². The first-order chi connectivity index (χ1) is 27.0. The van der Waals surface area contributed by atoms with E-state index in [-0.39, 0.29) is 24.9 Å². The van der Waals surface area contributed by atoms with E-state index in [0.29, 0.717) is 19.3 Å². The number of allylic oxidation sites excluding steroid dienone is 16. The number of aliphatic hydroxyl groups is 2. The van der Waals surface area contributed by atoms with Crippen molar-refractivity contribution in [3.05, 3.63) is 97.2 Å². The molecule has 0 aromatic rings. The van der Waals surface area contributed by atoms with Crippen LogP contribution >= 0.6 is 0 Å². The fourth-order valence-electron chi connectivity index (χ4n) is 6.04. The largest absolute Gasteiger partial charge is 0.462 e. The zero-order chi connectivity index (χ0) is 40.3. The molecule has 0 aliphatic carbocycles. The average Bonchev–Trinajstić information content (AvgIpc) is 3.18. The number of nitrogens with one attached hydrogen (secondary N) is 1. The number of aliphatic hydroxyl groups excluding tert-OH is 2. The van der Waals surface area contributed by atoms with Crippen molar-refractivity contribution in [3.8, 4) is 0 Å². The lowest BCUT2D eigenvalue weighted by Crippen LogP contribution is -2.46. The minimum Gasteiger partial charge on any atom is -0.462 e. The predicted molar refractivity (Wildman–Crippen MR) is 236 cm³/mol. The Morgan fingerprint density at radius 1 is 0.545 bits per heavy atom. The van der Waals surface area contributed by atoms with Crippen molar-refractivity contribution in [2.75, 3.05) is 6.61 Å². The first kappa shape index (κ1) is 51.8. The van der Waals surface area contributed by atoms with Gasteiger partial charge in [0.05, 0.1) is 25.2 Å². The molecule has 0 aromatic carbocycles. The second-order valence-electron chi connectivity index (χ2n) is 14.5. The summed E-state index contributed by atoms with van der Waals surface area (Å²) in [7, 11) is 0. The second kappa shape index (κ2) is 41.9. The van der Waals surface area contributed by atoms with E-state index in [2.05, 4.69) is 62.5 Å². The van der Waals surface area contributed by atoms with Crippen LogP contribution in [0.2, 0.25) is 0 Å². The number of hydrogen-bond acceptors (Lipinski definition) is 5. The first-order valence-corrected chi connectivity index (χ1v) is 22.1. The Hall–Kier alpha value is -3.22. The molecule has 0 radical (unpaired) electrons. The van der Waals surface area contributed by atoms with E-state index in [1.807, 2.05) is 60.8 Å². The summed E-state index contributed by atoms with van der Waals surface area (Å²) >= 11 is 0. The molecular weight excluding hydrogens is 683 g/mol. The Labute approximate surface area is 337 Å². The molecule has 6 nitrogen and oxygen atoms in total. The van der Waals surface area contributed by atoms with E-state index in [4.69, 9.17) is 4.74 Å². The molecule has 3 unspecified atom stereocenters. The van der Waals surface area contributed by atoms with Gasteiger partial charge in [0.15, 0.2) is 0 Å². The molecule has 0 aliphatic heterocycles. The first-order valence-electron chi connectivity index (χ1n) is 22.1. The van der Waals surface area contributed by atoms with Crippen LogP contribution in [0.5, 0.6) is 0 Å². The highest BCUT2D eigenvalue weighted by Crippen LogP contribution is 2.16. The number of amides is 1. The topological polar surface area (TPSA) is 95.9 Å². The highest BCUT2D eigenvalue weighted by Gasteiger charge is 2.24. The maximum absolute atomic E-state index is 13.1. The Bertz CT molecular complexity index is 1130. The monoisotopic (exact) mass is 764 g/mol. The normalized spacial score (nSPS) is 14.3. The van der Waals surface area contributed by atoms with Crippen LogP contribution in [0.3, 0.4) is 0 Å². The number of ether oxygens (including phenoxy) is 1. The van der Waals surface area contributed by atoms with Gasteiger partial charge in [-0.1, -0.05) is 195 Å².